The van der Waals surface area contributed by atoms with Crippen LogP contribution >= 0.6 is 34.0 Å². The van der Waals surface area contributed by atoms with Gasteiger partial charge in [-0.1, -0.05) is 24.3 Å². The van der Waals surface area contributed by atoms with Crippen LogP contribution in [0, 0.1) is 0 Å². The van der Waals surface area contributed by atoms with Gasteiger partial charge in [-0.3, -0.25) is 4.79 Å². The van der Waals surface area contributed by atoms with Crippen LogP contribution in [0.15, 0.2) is 42.5 Å². The van der Waals surface area contributed by atoms with E-state index in [0.29, 0.717) is 11.5 Å². The lowest BCUT2D eigenvalue weighted by Gasteiger charge is -2.31. The van der Waals surface area contributed by atoms with Crippen molar-refractivity contribution in [3.63, 3.8) is 0 Å². The summed E-state index contributed by atoms with van der Waals surface area (Å²) in [6.07, 6.45) is 3.09. The predicted molar refractivity (Wildman–Crippen MR) is 120 cm³/mol. The number of ether oxygens (including phenoxy) is 1. The predicted octanol–water partition coefficient (Wildman–Crippen LogP) is 4.05. The van der Waals surface area contributed by atoms with Crippen molar-refractivity contribution in [3.05, 3.63) is 64.7 Å². The highest BCUT2D eigenvalue weighted by molar-refractivity contribution is 8.93. The molecule has 1 aliphatic heterocycles. The van der Waals surface area contributed by atoms with Gasteiger partial charge in [0.1, 0.15) is 0 Å². The van der Waals surface area contributed by atoms with Gasteiger partial charge in [-0.25, -0.2) is 0 Å². The molecule has 1 atom stereocenters. The number of aryl methyl sites for hydroxylation is 1. The summed E-state index contributed by atoms with van der Waals surface area (Å²) in [6.45, 7) is 3.29. The number of halogens is 2. The Kier molecular flexibility index (Phi) is 7.89. The molecule has 0 bridgehead atoms. The highest BCUT2D eigenvalue weighted by Gasteiger charge is 2.24. The highest BCUT2D eigenvalue weighted by atomic mass is 79.9. The summed E-state index contributed by atoms with van der Waals surface area (Å²) >= 11 is 0. The Morgan fingerprint density at radius 2 is 1.74 bits per heavy atom. The van der Waals surface area contributed by atoms with Gasteiger partial charge < -0.3 is 15.4 Å². The molecule has 0 spiro atoms. The van der Waals surface area contributed by atoms with E-state index in [4.69, 9.17) is 10.5 Å². The molecule has 1 amide bonds. The van der Waals surface area contributed by atoms with Crippen molar-refractivity contribution < 1.29 is 9.53 Å². The number of rotatable bonds is 3. The van der Waals surface area contributed by atoms with E-state index in [-0.39, 0.29) is 39.9 Å². The summed E-state index contributed by atoms with van der Waals surface area (Å²) in [5.74, 6) is 0.0146. The van der Waals surface area contributed by atoms with E-state index in [1.165, 1.54) is 16.8 Å². The maximum atomic E-state index is 12.0. The van der Waals surface area contributed by atoms with Crippen LogP contribution in [-0.4, -0.2) is 32.2 Å². The summed E-state index contributed by atoms with van der Waals surface area (Å²) in [7, 11) is 0. The number of primary amides is 1. The molecule has 6 heteroatoms. The normalized spacial score (nSPS) is 18.7. The standard InChI is InChI=1S/C21H24N2O2.2BrH/c22-21(24)19-8-7-18(23-9-11-25-12-10-23)14-20(19)17-6-5-15-3-1-2-4-16(15)13-17;;/h1-4,7-8,14,17H,5-6,9-13H2,(H2,22,24);2*1H. The Labute approximate surface area is 181 Å². The van der Waals surface area contributed by atoms with Gasteiger partial charge in [0.25, 0.3) is 0 Å². The molecule has 1 saturated heterocycles. The zero-order valence-corrected chi connectivity index (χ0v) is 18.7. The molecular formula is C21H26Br2N2O2. The Morgan fingerprint density at radius 1 is 1.04 bits per heavy atom. The van der Waals surface area contributed by atoms with Gasteiger partial charge in [0.15, 0.2) is 0 Å². The number of carbonyl (C=O) groups excluding carboxylic acids is 1. The zero-order chi connectivity index (χ0) is 17.2. The second kappa shape index (κ2) is 9.71. The third-order valence-corrected chi connectivity index (χ3v) is 5.46. The minimum absolute atomic E-state index is 0. The number of nitrogens with two attached hydrogens (primary N) is 1. The molecule has 27 heavy (non-hydrogen) atoms. The number of fused-ring (bicyclic) bond motifs is 1. The molecule has 0 aromatic heterocycles. The fourth-order valence-corrected chi connectivity index (χ4v) is 4.09. The summed E-state index contributed by atoms with van der Waals surface area (Å²) < 4.78 is 5.45. The lowest BCUT2D eigenvalue weighted by molar-refractivity contribution is 0.0998. The molecule has 4 rings (SSSR count). The summed E-state index contributed by atoms with van der Waals surface area (Å²) in [5.41, 5.74) is 11.4. The number of hydrogen-bond acceptors (Lipinski definition) is 3. The largest absolute Gasteiger partial charge is 0.378 e. The van der Waals surface area contributed by atoms with E-state index in [9.17, 15) is 4.79 Å². The Hall–Kier alpha value is -1.37. The van der Waals surface area contributed by atoms with E-state index in [2.05, 4.69) is 35.2 Å². The van der Waals surface area contributed by atoms with Crippen molar-refractivity contribution in [2.75, 3.05) is 31.2 Å². The van der Waals surface area contributed by atoms with Crippen LogP contribution in [0.3, 0.4) is 0 Å². The number of nitrogens with zero attached hydrogens (tertiary/aromatic N) is 1. The van der Waals surface area contributed by atoms with Crippen LogP contribution in [0.25, 0.3) is 0 Å². The molecule has 1 unspecified atom stereocenters. The second-order valence-electron chi connectivity index (χ2n) is 6.94. The van der Waals surface area contributed by atoms with Crippen molar-refractivity contribution in [3.8, 4) is 0 Å². The van der Waals surface area contributed by atoms with Crippen molar-refractivity contribution in [2.24, 2.45) is 5.73 Å². The van der Waals surface area contributed by atoms with Gasteiger partial charge >= 0.3 is 0 Å². The molecule has 0 saturated carbocycles. The maximum absolute atomic E-state index is 12.0. The number of benzene rings is 2. The van der Waals surface area contributed by atoms with Crippen LogP contribution in [0.4, 0.5) is 5.69 Å². The lowest BCUT2D eigenvalue weighted by atomic mass is 9.78. The van der Waals surface area contributed by atoms with Gasteiger partial charge in [0.05, 0.1) is 13.2 Å². The average molecular weight is 498 g/mol. The summed E-state index contributed by atoms with van der Waals surface area (Å²) in [4.78, 5) is 14.3. The van der Waals surface area contributed by atoms with E-state index in [0.717, 1.165) is 51.1 Å². The monoisotopic (exact) mass is 496 g/mol. The molecule has 2 aromatic carbocycles. The van der Waals surface area contributed by atoms with Crippen LogP contribution < -0.4 is 10.6 Å². The third kappa shape index (κ3) is 4.73. The molecular weight excluding hydrogens is 472 g/mol. The Balaban J connectivity index is 0.00000131. The fourth-order valence-electron chi connectivity index (χ4n) is 4.09. The van der Waals surface area contributed by atoms with E-state index < -0.39 is 0 Å². The summed E-state index contributed by atoms with van der Waals surface area (Å²) in [6, 6.07) is 14.7. The van der Waals surface area contributed by atoms with E-state index >= 15 is 0 Å². The number of anilines is 1. The molecule has 2 N–H and O–H groups in total. The highest BCUT2D eigenvalue weighted by Crippen LogP contribution is 2.36. The SMILES string of the molecule is Br.Br.NC(=O)c1ccc(N2CCOCC2)cc1C1CCc2ccccc2C1. The molecule has 1 heterocycles. The van der Waals surface area contributed by atoms with E-state index in [1.54, 1.807) is 0 Å². The topological polar surface area (TPSA) is 55.6 Å². The number of carbonyl (C=O) groups is 1. The zero-order valence-electron chi connectivity index (χ0n) is 15.2. The molecule has 146 valence electrons. The average Bonchev–Trinajstić information content (AvgIpc) is 2.67. The lowest BCUT2D eigenvalue weighted by Crippen LogP contribution is -2.36. The molecule has 0 radical (unpaired) electrons. The minimum atomic E-state index is -0.331. The third-order valence-electron chi connectivity index (χ3n) is 5.46. The van der Waals surface area contributed by atoms with Gasteiger partial charge in [-0.05, 0) is 60.1 Å². The quantitative estimate of drug-likeness (QED) is 0.695. The van der Waals surface area contributed by atoms with Crippen molar-refractivity contribution in [2.45, 2.75) is 25.2 Å². The second-order valence-corrected chi connectivity index (χ2v) is 6.94. The molecule has 1 fully saturated rings. The molecule has 2 aliphatic rings. The fraction of sp³-hybridized carbons (Fsp3) is 0.381. The minimum Gasteiger partial charge on any atom is -0.378 e. The summed E-state index contributed by atoms with van der Waals surface area (Å²) in [5, 5.41) is 0. The first kappa shape index (κ1) is 21.9. The van der Waals surface area contributed by atoms with Gasteiger partial charge in [-0.15, -0.1) is 34.0 Å². The first-order valence-corrected chi connectivity index (χ1v) is 9.05. The Bertz CT molecular complexity index is 792. The van der Waals surface area contributed by atoms with Crippen LogP contribution in [0.2, 0.25) is 0 Å². The van der Waals surface area contributed by atoms with Gasteiger partial charge in [0.2, 0.25) is 5.91 Å². The van der Waals surface area contributed by atoms with Crippen molar-refractivity contribution in [1.29, 1.82) is 0 Å². The van der Waals surface area contributed by atoms with Crippen LogP contribution in [-0.2, 0) is 17.6 Å². The number of hydrogen-bond donors (Lipinski definition) is 1. The van der Waals surface area contributed by atoms with Gasteiger partial charge in [-0.2, -0.15) is 0 Å². The number of amides is 1. The molecule has 1 aliphatic carbocycles. The van der Waals surface area contributed by atoms with Crippen molar-refractivity contribution >= 4 is 45.6 Å². The maximum Gasteiger partial charge on any atom is 0.248 e. The Morgan fingerprint density at radius 3 is 2.44 bits per heavy atom. The smallest absolute Gasteiger partial charge is 0.248 e. The van der Waals surface area contributed by atoms with Crippen molar-refractivity contribution in [1.82, 2.24) is 0 Å². The van der Waals surface area contributed by atoms with Gasteiger partial charge in [0, 0.05) is 24.3 Å². The first-order valence-electron chi connectivity index (χ1n) is 9.05. The number of morpholine rings is 1. The first-order chi connectivity index (χ1) is 12.2. The molecule has 2 aromatic rings. The van der Waals surface area contributed by atoms with Crippen LogP contribution in [0.1, 0.15) is 39.4 Å². The molecule has 4 nitrogen and oxygen atoms in total. The van der Waals surface area contributed by atoms with Crippen LogP contribution in [0.5, 0.6) is 0 Å². The van der Waals surface area contributed by atoms with E-state index in [1.807, 2.05) is 12.1 Å².